The van der Waals surface area contributed by atoms with E-state index in [1.165, 1.54) is 0 Å². The van der Waals surface area contributed by atoms with Crippen LogP contribution in [0, 0.1) is 0 Å². The molecule has 10 nitrogen and oxygen atoms in total. The largest absolute Gasteiger partial charge is 0.388 e. The van der Waals surface area contributed by atoms with Crippen LogP contribution in [-0.4, -0.2) is 51.2 Å². The van der Waals surface area contributed by atoms with Crippen LogP contribution in [-0.2, 0) is 17.9 Å². The standard InChI is InChI=1S/C18H30N8O2/c1-3-23-16(22-9-5-6-10-22)14(18(28)24(23)4-2)21-26-12-8-7-11-25(26)17(27)13(19)15(26)20/h21H,3-12,19H2,1-2H3,(H-,20,27)/p+1. The van der Waals surface area contributed by atoms with Gasteiger partial charge in [-0.05, 0) is 33.1 Å². The van der Waals surface area contributed by atoms with E-state index in [1.54, 1.807) is 9.69 Å². The van der Waals surface area contributed by atoms with Gasteiger partial charge in [-0.1, -0.05) is 4.70 Å². The average Bonchev–Trinajstić information content (AvgIpc) is 3.36. The van der Waals surface area contributed by atoms with E-state index in [-0.39, 0.29) is 27.7 Å². The van der Waals surface area contributed by atoms with E-state index in [9.17, 15) is 9.59 Å². The van der Waals surface area contributed by atoms with Crippen LogP contribution in [0.25, 0.3) is 0 Å². The normalized spacial score (nSPS) is 25.0. The molecule has 1 atom stereocenters. The van der Waals surface area contributed by atoms with Gasteiger partial charge in [0, 0.05) is 32.6 Å². The van der Waals surface area contributed by atoms with Crippen molar-refractivity contribution in [1.29, 1.82) is 0 Å². The van der Waals surface area contributed by atoms with Crippen LogP contribution in [0.15, 0.2) is 16.3 Å². The van der Waals surface area contributed by atoms with E-state index in [1.807, 2.05) is 18.5 Å². The van der Waals surface area contributed by atoms with Crippen molar-refractivity contribution >= 4 is 17.4 Å². The molecule has 0 radical (unpaired) electrons. The van der Waals surface area contributed by atoms with E-state index in [0.29, 0.717) is 31.9 Å². The monoisotopic (exact) mass is 391 g/mol. The van der Waals surface area contributed by atoms with Crippen molar-refractivity contribution in [2.24, 2.45) is 11.5 Å². The highest BCUT2D eigenvalue weighted by Gasteiger charge is 2.54. The summed E-state index contributed by atoms with van der Waals surface area (Å²) < 4.78 is 3.71. The van der Waals surface area contributed by atoms with Gasteiger partial charge in [-0.15, -0.1) is 0 Å². The van der Waals surface area contributed by atoms with E-state index in [4.69, 9.17) is 11.5 Å². The summed E-state index contributed by atoms with van der Waals surface area (Å²) in [4.78, 5) is 28.3. The first-order valence-electron chi connectivity index (χ1n) is 10.3. The third kappa shape index (κ3) is 2.43. The van der Waals surface area contributed by atoms with Gasteiger partial charge in [-0.25, -0.2) is 4.68 Å². The van der Waals surface area contributed by atoms with E-state index >= 15 is 0 Å². The van der Waals surface area contributed by atoms with Crippen molar-refractivity contribution in [3.8, 4) is 0 Å². The van der Waals surface area contributed by atoms with Crippen molar-refractivity contribution in [3.63, 3.8) is 0 Å². The summed E-state index contributed by atoms with van der Waals surface area (Å²) in [5.74, 6) is 0.900. The fraction of sp³-hybridized carbons (Fsp3) is 0.667. The van der Waals surface area contributed by atoms with Gasteiger partial charge in [0.05, 0.1) is 6.54 Å². The highest BCUT2D eigenvalue weighted by molar-refractivity contribution is 5.93. The quantitative estimate of drug-likeness (QED) is 0.612. The maximum Gasteiger partial charge on any atom is 0.325 e. The van der Waals surface area contributed by atoms with Crippen LogP contribution in [0.2, 0.25) is 0 Å². The molecule has 4 rings (SSSR count). The number of amides is 1. The van der Waals surface area contributed by atoms with Gasteiger partial charge in [0.25, 0.3) is 11.4 Å². The maximum atomic E-state index is 13.3. The fourth-order valence-corrected chi connectivity index (χ4v) is 4.77. The molecule has 1 unspecified atom stereocenters. The SMILES string of the molecule is CCn1c(N2CCCC2)c(N[N+]23CCCCN2C(=O)C(N)=C3N)c(=O)n1CC. The Morgan fingerprint density at radius 2 is 1.61 bits per heavy atom. The maximum absolute atomic E-state index is 13.3. The lowest BCUT2D eigenvalue weighted by molar-refractivity contribution is -0.973. The summed E-state index contributed by atoms with van der Waals surface area (Å²) in [7, 11) is 0. The molecule has 5 N–H and O–H groups in total. The van der Waals surface area contributed by atoms with Gasteiger partial charge in [0.1, 0.15) is 6.54 Å². The third-order valence-corrected chi connectivity index (χ3v) is 6.16. The predicted molar refractivity (Wildman–Crippen MR) is 107 cm³/mol. The van der Waals surface area contributed by atoms with Crippen molar-refractivity contribution < 1.29 is 9.50 Å². The van der Waals surface area contributed by atoms with Gasteiger partial charge in [0.15, 0.2) is 17.2 Å². The molecule has 2 fully saturated rings. The van der Waals surface area contributed by atoms with Crippen molar-refractivity contribution in [3.05, 3.63) is 21.9 Å². The number of carbonyl (C=O) groups is 1. The minimum atomic E-state index is -0.266. The number of aromatic nitrogens is 2. The number of nitrogens with one attached hydrogen (secondary N) is 1. The number of nitrogens with zero attached hydrogens (tertiary/aromatic N) is 5. The molecule has 154 valence electrons. The Kier molecular flexibility index (Phi) is 4.53. The van der Waals surface area contributed by atoms with Gasteiger partial charge < -0.3 is 16.4 Å². The summed E-state index contributed by atoms with van der Waals surface area (Å²) in [5.41, 5.74) is 16.2. The molecule has 3 aliphatic heterocycles. The summed E-state index contributed by atoms with van der Waals surface area (Å²) in [6.07, 6.45) is 3.99. The zero-order valence-electron chi connectivity index (χ0n) is 16.8. The molecule has 4 heterocycles. The summed E-state index contributed by atoms with van der Waals surface area (Å²) in [5, 5.41) is 1.65. The highest BCUT2D eigenvalue weighted by atomic mass is 16.2. The first kappa shape index (κ1) is 18.7. The fourth-order valence-electron chi connectivity index (χ4n) is 4.77. The number of rotatable bonds is 5. The molecule has 0 saturated carbocycles. The van der Waals surface area contributed by atoms with Crippen LogP contribution < -0.4 is 27.4 Å². The van der Waals surface area contributed by atoms with E-state index in [0.717, 1.165) is 44.6 Å². The molecule has 0 aliphatic carbocycles. The molecule has 1 amide bonds. The number of carbonyl (C=O) groups excluding carboxylic acids is 1. The van der Waals surface area contributed by atoms with Crippen LogP contribution >= 0.6 is 0 Å². The molecule has 10 heteroatoms. The van der Waals surface area contributed by atoms with Gasteiger partial charge >= 0.3 is 5.91 Å². The summed E-state index contributed by atoms with van der Waals surface area (Å²) in [6, 6.07) is 0. The highest BCUT2D eigenvalue weighted by Crippen LogP contribution is 2.36. The van der Waals surface area contributed by atoms with Crippen molar-refractivity contribution in [2.45, 2.75) is 52.6 Å². The molecule has 0 bridgehead atoms. The number of fused-ring (bicyclic) bond motifs is 1. The van der Waals surface area contributed by atoms with Crippen molar-refractivity contribution in [2.75, 3.05) is 36.5 Å². The molecule has 1 aromatic heterocycles. The van der Waals surface area contributed by atoms with Gasteiger partial charge in [0.2, 0.25) is 0 Å². The summed E-state index contributed by atoms with van der Waals surface area (Å²) in [6.45, 7) is 8.24. The number of quaternary nitrogens is 1. The number of hydrogen-bond donors (Lipinski definition) is 3. The van der Waals surface area contributed by atoms with Crippen LogP contribution in [0.3, 0.4) is 0 Å². The molecular weight excluding hydrogens is 360 g/mol. The molecule has 0 aromatic carbocycles. The zero-order chi connectivity index (χ0) is 20.1. The lowest BCUT2D eigenvalue weighted by Crippen LogP contribution is -2.65. The second-order valence-corrected chi connectivity index (χ2v) is 7.67. The van der Waals surface area contributed by atoms with E-state index in [2.05, 4.69) is 10.3 Å². The Morgan fingerprint density at radius 3 is 2.25 bits per heavy atom. The second-order valence-electron chi connectivity index (χ2n) is 7.67. The molecule has 28 heavy (non-hydrogen) atoms. The number of hydrogen-bond acceptors (Lipinski definition) is 6. The van der Waals surface area contributed by atoms with Crippen molar-refractivity contribution in [1.82, 2.24) is 14.4 Å². The molecule has 3 aliphatic rings. The molecule has 0 spiro atoms. The number of anilines is 2. The van der Waals surface area contributed by atoms with Crippen LogP contribution in [0.1, 0.15) is 39.5 Å². The van der Waals surface area contributed by atoms with Gasteiger partial charge in [-0.3, -0.25) is 14.3 Å². The molecular formula is C18H31N8O2+. The lowest BCUT2D eigenvalue weighted by Gasteiger charge is -2.42. The smallest absolute Gasteiger partial charge is 0.325 e. The zero-order valence-corrected chi connectivity index (χ0v) is 16.8. The molecule has 1 aromatic rings. The first-order chi connectivity index (χ1) is 13.5. The van der Waals surface area contributed by atoms with E-state index < -0.39 is 0 Å². The Labute approximate surface area is 164 Å². The molecule has 2 saturated heterocycles. The average molecular weight is 392 g/mol. The Morgan fingerprint density at radius 1 is 0.964 bits per heavy atom. The third-order valence-electron chi connectivity index (χ3n) is 6.16. The van der Waals surface area contributed by atoms with Crippen LogP contribution in [0.4, 0.5) is 11.5 Å². The minimum Gasteiger partial charge on any atom is -0.388 e. The topological polar surface area (TPSA) is 115 Å². The minimum absolute atomic E-state index is 0.0712. The lowest BCUT2D eigenvalue weighted by atomic mass is 10.2. The number of nitrogens with two attached hydrogens (primary N) is 2. The summed E-state index contributed by atoms with van der Waals surface area (Å²) >= 11 is 0. The Balaban J connectivity index is 1.86. The Bertz CT molecular complexity index is 879. The first-order valence-corrected chi connectivity index (χ1v) is 10.3. The predicted octanol–water partition coefficient (Wildman–Crippen LogP) is 0.0710. The van der Waals surface area contributed by atoms with Gasteiger partial charge in [-0.2, -0.15) is 10.4 Å². The second kappa shape index (κ2) is 6.77. The Hall–Kier alpha value is -2.62. The van der Waals surface area contributed by atoms with Crippen LogP contribution in [0.5, 0.6) is 0 Å².